The first kappa shape index (κ1) is 12.3. The lowest BCUT2D eigenvalue weighted by Crippen LogP contribution is -2.37. The average Bonchev–Trinajstić information content (AvgIpc) is 2.83. The van der Waals surface area contributed by atoms with Gasteiger partial charge in [0.1, 0.15) is 11.4 Å². The highest BCUT2D eigenvalue weighted by atomic mass is 32.2. The minimum Gasteiger partial charge on any atom is -0.478 e. The van der Waals surface area contributed by atoms with E-state index < -0.39 is 15.5 Å². The van der Waals surface area contributed by atoms with Crippen LogP contribution in [0.3, 0.4) is 0 Å². The second-order valence-corrected chi connectivity index (χ2v) is 6.66. The van der Waals surface area contributed by atoms with Crippen LogP contribution in [0, 0.1) is 6.92 Å². The summed E-state index contributed by atoms with van der Waals surface area (Å²) >= 11 is 0. The number of benzene rings is 1. The maximum absolute atomic E-state index is 12.5. The van der Waals surface area contributed by atoms with Crippen LogP contribution in [-0.4, -0.2) is 28.0 Å². The van der Waals surface area contributed by atoms with Crippen LogP contribution in [-0.2, 0) is 15.5 Å². The quantitative estimate of drug-likeness (QED) is 0.827. The monoisotopic (exact) mass is 251 g/mol. The largest absolute Gasteiger partial charge is 0.478 e. The Kier molecular flexibility index (Phi) is 3.33. The van der Waals surface area contributed by atoms with E-state index in [0.717, 1.165) is 10.5 Å². The summed E-state index contributed by atoms with van der Waals surface area (Å²) in [5, 5.41) is 0. The Labute approximate surface area is 104 Å². The van der Waals surface area contributed by atoms with Crippen LogP contribution in [0.4, 0.5) is 0 Å². The Hall–Kier alpha value is -1.16. The van der Waals surface area contributed by atoms with Gasteiger partial charge in [0.25, 0.3) is 0 Å². The highest BCUT2D eigenvalue weighted by molar-refractivity contribution is 7.87. The van der Waals surface area contributed by atoms with E-state index in [2.05, 4.69) is 4.99 Å². The van der Waals surface area contributed by atoms with Gasteiger partial charge in [-0.1, -0.05) is 17.7 Å². The fourth-order valence-electron chi connectivity index (χ4n) is 1.74. The molecule has 0 aliphatic carbocycles. The lowest BCUT2D eigenvalue weighted by molar-refractivity contribution is 0.331. The van der Waals surface area contributed by atoms with Gasteiger partial charge in [-0.25, -0.2) is 0 Å². The first-order chi connectivity index (χ1) is 8.01. The third-order valence-corrected chi connectivity index (χ3v) is 4.60. The molecule has 0 aromatic heterocycles. The van der Waals surface area contributed by atoms with Crippen molar-refractivity contribution in [3.05, 3.63) is 29.8 Å². The number of ether oxygens (including phenoxy) is 1. The van der Waals surface area contributed by atoms with Gasteiger partial charge in [0, 0.05) is 4.90 Å². The van der Waals surface area contributed by atoms with E-state index >= 15 is 0 Å². The van der Waals surface area contributed by atoms with Crippen molar-refractivity contribution in [2.24, 2.45) is 4.99 Å². The summed E-state index contributed by atoms with van der Waals surface area (Å²) < 4.78 is 17.4. The molecule has 1 aromatic carbocycles. The zero-order valence-corrected chi connectivity index (χ0v) is 11.2. The molecular formula is C13H17NO2S. The van der Waals surface area contributed by atoms with E-state index in [-0.39, 0.29) is 0 Å². The molecule has 3 nitrogen and oxygen atoms in total. The first-order valence-electron chi connectivity index (χ1n) is 5.68. The average molecular weight is 251 g/mol. The Morgan fingerprint density at radius 3 is 2.47 bits per heavy atom. The minimum absolute atomic E-state index is 0.564. The van der Waals surface area contributed by atoms with Crippen molar-refractivity contribution in [3.63, 3.8) is 0 Å². The fraction of sp³-hybridized carbons (Fsp3) is 0.462. The van der Waals surface area contributed by atoms with Gasteiger partial charge < -0.3 is 4.74 Å². The summed E-state index contributed by atoms with van der Waals surface area (Å²) in [5.41, 5.74) is 1.16. The van der Waals surface area contributed by atoms with Crippen LogP contribution in [0.25, 0.3) is 0 Å². The third kappa shape index (κ3) is 2.41. The molecule has 0 spiro atoms. The Morgan fingerprint density at radius 2 is 1.94 bits per heavy atom. The molecule has 1 atom stereocenters. The molecule has 2 rings (SSSR count). The van der Waals surface area contributed by atoms with Crippen molar-refractivity contribution in [2.75, 3.05) is 13.2 Å². The smallest absolute Gasteiger partial charge is 0.202 e. The van der Waals surface area contributed by atoms with Crippen LogP contribution < -0.4 is 0 Å². The second-order valence-electron chi connectivity index (χ2n) is 4.63. The van der Waals surface area contributed by atoms with Gasteiger partial charge in [-0.15, -0.1) is 0 Å². The van der Waals surface area contributed by atoms with Crippen LogP contribution >= 0.6 is 0 Å². The molecule has 1 aliphatic rings. The van der Waals surface area contributed by atoms with E-state index in [1.54, 1.807) is 0 Å². The maximum Gasteiger partial charge on any atom is 0.202 e. The zero-order valence-electron chi connectivity index (χ0n) is 10.4. The zero-order chi connectivity index (χ0) is 12.5. The first-order valence-corrected chi connectivity index (χ1v) is 6.83. The molecule has 0 unspecified atom stereocenters. The highest BCUT2D eigenvalue weighted by Gasteiger charge is 2.36. The van der Waals surface area contributed by atoms with Gasteiger partial charge in [0.05, 0.1) is 17.3 Å². The molecule has 0 saturated carbocycles. The summed E-state index contributed by atoms with van der Waals surface area (Å²) in [4.78, 5) is 5.09. The van der Waals surface area contributed by atoms with Gasteiger partial charge >= 0.3 is 0 Å². The summed E-state index contributed by atoms with van der Waals surface area (Å²) in [7, 11) is -1.15. The van der Waals surface area contributed by atoms with Crippen molar-refractivity contribution in [3.8, 4) is 0 Å². The number of nitrogens with zero attached hydrogens (tertiary/aromatic N) is 1. The molecule has 92 valence electrons. The molecule has 17 heavy (non-hydrogen) atoms. The van der Waals surface area contributed by atoms with E-state index in [1.165, 1.54) is 0 Å². The number of hydrogen-bond donors (Lipinski definition) is 0. The predicted molar refractivity (Wildman–Crippen MR) is 69.9 cm³/mol. The molecular weight excluding hydrogens is 234 g/mol. The van der Waals surface area contributed by atoms with Crippen LogP contribution in [0.2, 0.25) is 0 Å². The van der Waals surface area contributed by atoms with Crippen molar-refractivity contribution < 1.29 is 8.95 Å². The SMILES string of the molecule is Cc1ccc([S@](=O)C(C)(C)C2=NCCO2)cc1. The summed E-state index contributed by atoms with van der Waals surface area (Å²) in [6, 6.07) is 7.76. The number of hydrogen-bond acceptors (Lipinski definition) is 3. The molecule has 0 fully saturated rings. The number of aliphatic imine (C=N–C) groups is 1. The van der Waals surface area contributed by atoms with E-state index in [4.69, 9.17) is 4.74 Å². The number of aryl methyl sites for hydroxylation is 1. The lowest BCUT2D eigenvalue weighted by atomic mass is 10.2. The van der Waals surface area contributed by atoms with Crippen molar-refractivity contribution in [1.82, 2.24) is 0 Å². The summed E-state index contributed by atoms with van der Waals surface area (Å²) in [6.07, 6.45) is 0. The van der Waals surface area contributed by atoms with E-state index in [1.807, 2.05) is 45.0 Å². The van der Waals surface area contributed by atoms with Crippen molar-refractivity contribution >= 4 is 16.7 Å². The molecule has 1 heterocycles. The van der Waals surface area contributed by atoms with Crippen LogP contribution in [0.15, 0.2) is 34.2 Å². The molecule has 0 saturated heterocycles. The molecule has 0 amide bonds. The number of rotatable bonds is 3. The standard InChI is InChI=1S/C13H17NO2S/c1-10-4-6-11(7-5-10)17(15)13(2,3)12-14-8-9-16-12/h4-7H,8-9H2,1-3H3/t17-/m0/s1. The van der Waals surface area contributed by atoms with Crippen LogP contribution in [0.5, 0.6) is 0 Å². The van der Waals surface area contributed by atoms with Gasteiger partial charge in [0.15, 0.2) is 0 Å². The Bertz CT molecular complexity index is 463. The van der Waals surface area contributed by atoms with Gasteiger partial charge in [-0.3, -0.25) is 9.20 Å². The summed E-state index contributed by atoms with van der Waals surface area (Å²) in [5.74, 6) is 0.608. The van der Waals surface area contributed by atoms with Crippen molar-refractivity contribution in [1.29, 1.82) is 0 Å². The van der Waals surface area contributed by atoms with Crippen LogP contribution in [0.1, 0.15) is 19.4 Å². The molecule has 0 radical (unpaired) electrons. The third-order valence-electron chi connectivity index (χ3n) is 2.80. The van der Waals surface area contributed by atoms with Gasteiger partial charge in [0.2, 0.25) is 5.90 Å². The normalized spacial score (nSPS) is 17.5. The maximum atomic E-state index is 12.5. The lowest BCUT2D eigenvalue weighted by Gasteiger charge is -2.23. The Balaban J connectivity index is 2.27. The highest BCUT2D eigenvalue weighted by Crippen LogP contribution is 2.25. The van der Waals surface area contributed by atoms with Gasteiger partial charge in [-0.05, 0) is 32.9 Å². The van der Waals surface area contributed by atoms with E-state index in [0.29, 0.717) is 19.0 Å². The van der Waals surface area contributed by atoms with E-state index in [9.17, 15) is 4.21 Å². The topological polar surface area (TPSA) is 38.7 Å². The second kappa shape index (κ2) is 4.61. The molecule has 0 bridgehead atoms. The van der Waals surface area contributed by atoms with Gasteiger partial charge in [-0.2, -0.15) is 0 Å². The predicted octanol–water partition coefficient (Wildman–Crippen LogP) is 2.31. The molecule has 4 heteroatoms. The molecule has 0 N–H and O–H groups in total. The van der Waals surface area contributed by atoms with Crippen molar-refractivity contribution in [2.45, 2.75) is 30.4 Å². The Morgan fingerprint density at radius 1 is 1.29 bits per heavy atom. The molecule has 1 aromatic rings. The minimum atomic E-state index is -1.15. The summed E-state index contributed by atoms with van der Waals surface area (Å²) in [6.45, 7) is 7.11. The molecule has 1 aliphatic heterocycles. The fourth-order valence-corrected chi connectivity index (χ4v) is 2.99.